The van der Waals surface area contributed by atoms with Crippen LogP contribution in [-0.4, -0.2) is 16.8 Å². The third kappa shape index (κ3) is 3.18. The summed E-state index contributed by atoms with van der Waals surface area (Å²) in [7, 11) is 1.73. The van der Waals surface area contributed by atoms with Crippen LogP contribution < -0.4 is 10.2 Å². The number of benzene rings is 2. The first-order valence-electron chi connectivity index (χ1n) is 7.21. The quantitative estimate of drug-likeness (QED) is 0.587. The molecule has 0 saturated heterocycles. The Morgan fingerprint density at radius 2 is 2.00 bits per heavy atom. The predicted molar refractivity (Wildman–Crippen MR) is 96.6 cm³/mol. The third-order valence-corrected chi connectivity index (χ3v) is 4.58. The number of nitrogens with one attached hydrogen (secondary N) is 1. The summed E-state index contributed by atoms with van der Waals surface area (Å²) in [6.45, 7) is 0. The molecule has 5 nitrogen and oxygen atoms in total. The average molecular weight is 338 g/mol. The summed E-state index contributed by atoms with van der Waals surface area (Å²) in [4.78, 5) is 34.6. The van der Waals surface area contributed by atoms with Gasteiger partial charge in [0.1, 0.15) is 0 Å². The summed E-state index contributed by atoms with van der Waals surface area (Å²) in [6, 6.07) is 12.3. The number of hydrogen-bond donors (Lipinski definition) is 1. The largest absolute Gasteiger partial charge is 0.322 e. The summed E-state index contributed by atoms with van der Waals surface area (Å²) < 4.78 is 2.47. The zero-order valence-electron chi connectivity index (χ0n) is 12.9. The summed E-state index contributed by atoms with van der Waals surface area (Å²) in [5.74, 6) is -0.328. The Morgan fingerprint density at radius 3 is 2.79 bits per heavy atom. The van der Waals surface area contributed by atoms with Gasteiger partial charge in [-0.1, -0.05) is 29.5 Å². The lowest BCUT2D eigenvalue weighted by molar-refractivity contribution is -0.111. The zero-order chi connectivity index (χ0) is 17.1. The Bertz CT molecular complexity index is 1010. The van der Waals surface area contributed by atoms with E-state index in [-0.39, 0.29) is 10.8 Å². The molecule has 1 heterocycles. The Labute approximate surface area is 141 Å². The predicted octanol–water partition coefficient (Wildman–Crippen LogP) is 3.06. The van der Waals surface area contributed by atoms with E-state index in [0.717, 1.165) is 15.8 Å². The number of amides is 1. The molecule has 6 heteroatoms. The van der Waals surface area contributed by atoms with Crippen molar-refractivity contribution >= 4 is 45.5 Å². The van der Waals surface area contributed by atoms with Gasteiger partial charge in [0.2, 0.25) is 5.91 Å². The molecule has 2 aromatic carbocycles. The maximum atomic E-state index is 12.0. The van der Waals surface area contributed by atoms with Crippen molar-refractivity contribution in [3.8, 4) is 0 Å². The molecule has 1 amide bonds. The maximum absolute atomic E-state index is 12.0. The smallest absolute Gasteiger partial charge is 0.307 e. The fourth-order valence-electron chi connectivity index (χ4n) is 2.31. The lowest BCUT2D eigenvalue weighted by atomic mass is 10.2. The number of fused-ring (bicyclic) bond motifs is 1. The topological polar surface area (TPSA) is 68.2 Å². The fraction of sp³-hybridized carbons (Fsp3) is 0.0556. The molecule has 0 unspecified atom stereocenters. The van der Waals surface area contributed by atoms with Crippen LogP contribution in [-0.2, 0) is 11.8 Å². The van der Waals surface area contributed by atoms with Gasteiger partial charge < -0.3 is 9.88 Å². The van der Waals surface area contributed by atoms with Gasteiger partial charge in [-0.3, -0.25) is 14.4 Å². The summed E-state index contributed by atoms with van der Waals surface area (Å²) >= 11 is 1.17. The van der Waals surface area contributed by atoms with E-state index in [1.807, 2.05) is 18.2 Å². The monoisotopic (exact) mass is 338 g/mol. The van der Waals surface area contributed by atoms with Gasteiger partial charge in [0.15, 0.2) is 6.29 Å². The summed E-state index contributed by atoms with van der Waals surface area (Å²) in [6.07, 6.45) is 3.77. The van der Waals surface area contributed by atoms with Crippen molar-refractivity contribution in [2.45, 2.75) is 0 Å². The van der Waals surface area contributed by atoms with Gasteiger partial charge >= 0.3 is 4.87 Å². The van der Waals surface area contributed by atoms with Crippen LogP contribution in [0.5, 0.6) is 0 Å². The van der Waals surface area contributed by atoms with E-state index in [0.29, 0.717) is 17.5 Å². The fourth-order valence-corrected chi connectivity index (χ4v) is 3.24. The second kappa shape index (κ2) is 6.64. The highest BCUT2D eigenvalue weighted by Gasteiger charge is 2.05. The molecule has 0 radical (unpaired) electrons. The molecule has 0 bridgehead atoms. The molecular formula is C18H14N2O3S. The molecule has 3 rings (SSSR count). The molecule has 24 heavy (non-hydrogen) atoms. The third-order valence-electron chi connectivity index (χ3n) is 3.59. The number of aromatic nitrogens is 1. The molecule has 0 saturated carbocycles. The molecule has 0 aliphatic heterocycles. The zero-order valence-corrected chi connectivity index (χ0v) is 13.7. The highest BCUT2D eigenvalue weighted by atomic mass is 32.1. The number of nitrogens with zero attached hydrogens (tertiary/aromatic N) is 1. The van der Waals surface area contributed by atoms with Crippen molar-refractivity contribution in [3.05, 3.63) is 69.3 Å². The van der Waals surface area contributed by atoms with Crippen LogP contribution in [0, 0.1) is 0 Å². The SMILES string of the molecule is Cn1c(=O)sc2cc(/C=C/C(=O)Nc3ccccc3C=O)ccc21. The molecule has 0 aliphatic rings. The van der Waals surface area contributed by atoms with Gasteiger partial charge in [0, 0.05) is 18.7 Å². The Kier molecular flexibility index (Phi) is 4.39. The van der Waals surface area contributed by atoms with Crippen LogP contribution in [0.15, 0.2) is 53.3 Å². The number of para-hydroxylation sites is 1. The number of thiazole rings is 1. The minimum atomic E-state index is -0.328. The number of hydrogen-bond acceptors (Lipinski definition) is 4. The number of aldehydes is 1. The molecule has 1 N–H and O–H groups in total. The second-order valence-corrected chi connectivity index (χ2v) is 6.18. The molecule has 3 aromatic rings. The number of aryl methyl sites for hydroxylation is 1. The molecule has 0 fully saturated rings. The van der Waals surface area contributed by atoms with E-state index in [1.165, 1.54) is 17.4 Å². The standard InChI is InChI=1S/C18H14N2O3S/c1-20-15-8-6-12(10-16(15)24-18(20)23)7-9-17(22)19-14-5-3-2-4-13(14)11-21/h2-11H,1H3,(H,19,22)/b9-7+. The van der Waals surface area contributed by atoms with Crippen molar-refractivity contribution < 1.29 is 9.59 Å². The number of carbonyl (C=O) groups excluding carboxylic acids is 2. The van der Waals surface area contributed by atoms with Crippen molar-refractivity contribution in [1.29, 1.82) is 0 Å². The Hall–Kier alpha value is -2.99. The second-order valence-electron chi connectivity index (χ2n) is 5.18. The molecule has 0 atom stereocenters. The first-order chi connectivity index (χ1) is 11.6. The van der Waals surface area contributed by atoms with E-state index in [4.69, 9.17) is 0 Å². The average Bonchev–Trinajstić information content (AvgIpc) is 2.87. The Balaban J connectivity index is 1.79. The summed E-state index contributed by atoms with van der Waals surface area (Å²) in [5.41, 5.74) is 2.59. The van der Waals surface area contributed by atoms with E-state index in [1.54, 1.807) is 42.0 Å². The van der Waals surface area contributed by atoms with E-state index in [9.17, 15) is 14.4 Å². The molecule has 0 aliphatic carbocycles. The minimum absolute atomic E-state index is 0.0191. The van der Waals surface area contributed by atoms with E-state index < -0.39 is 0 Å². The Morgan fingerprint density at radius 1 is 1.21 bits per heavy atom. The van der Waals surface area contributed by atoms with Gasteiger partial charge in [-0.2, -0.15) is 0 Å². The van der Waals surface area contributed by atoms with Gasteiger partial charge in [-0.15, -0.1) is 0 Å². The van der Waals surface area contributed by atoms with Crippen LogP contribution in [0.1, 0.15) is 15.9 Å². The van der Waals surface area contributed by atoms with Crippen LogP contribution >= 0.6 is 11.3 Å². The highest BCUT2D eigenvalue weighted by Crippen LogP contribution is 2.19. The molecule has 0 spiro atoms. The normalized spacial score (nSPS) is 11.0. The van der Waals surface area contributed by atoms with E-state index in [2.05, 4.69) is 5.32 Å². The van der Waals surface area contributed by atoms with Gasteiger partial charge in [-0.25, -0.2) is 0 Å². The van der Waals surface area contributed by atoms with Gasteiger partial charge in [0.25, 0.3) is 0 Å². The van der Waals surface area contributed by atoms with E-state index >= 15 is 0 Å². The highest BCUT2D eigenvalue weighted by molar-refractivity contribution is 7.16. The number of rotatable bonds is 4. The number of anilines is 1. The van der Waals surface area contributed by atoms with Crippen LogP contribution in [0.2, 0.25) is 0 Å². The lowest BCUT2D eigenvalue weighted by Gasteiger charge is -2.04. The lowest BCUT2D eigenvalue weighted by Crippen LogP contribution is -2.09. The van der Waals surface area contributed by atoms with Gasteiger partial charge in [-0.05, 0) is 35.9 Å². The van der Waals surface area contributed by atoms with Crippen LogP contribution in [0.4, 0.5) is 5.69 Å². The van der Waals surface area contributed by atoms with Gasteiger partial charge in [0.05, 0.1) is 15.9 Å². The molecular weight excluding hydrogens is 324 g/mol. The maximum Gasteiger partial charge on any atom is 0.307 e. The van der Waals surface area contributed by atoms with Crippen LogP contribution in [0.3, 0.4) is 0 Å². The minimum Gasteiger partial charge on any atom is -0.322 e. The number of carbonyl (C=O) groups is 2. The van der Waals surface area contributed by atoms with Crippen molar-refractivity contribution in [2.75, 3.05) is 5.32 Å². The van der Waals surface area contributed by atoms with Crippen molar-refractivity contribution in [1.82, 2.24) is 4.57 Å². The molecule has 1 aromatic heterocycles. The summed E-state index contributed by atoms with van der Waals surface area (Å²) in [5, 5.41) is 2.67. The first kappa shape index (κ1) is 15.9. The van der Waals surface area contributed by atoms with Crippen LogP contribution in [0.25, 0.3) is 16.3 Å². The first-order valence-corrected chi connectivity index (χ1v) is 8.03. The molecule has 120 valence electrons. The van der Waals surface area contributed by atoms with Crippen molar-refractivity contribution in [2.24, 2.45) is 7.05 Å². The van der Waals surface area contributed by atoms with Crippen molar-refractivity contribution in [3.63, 3.8) is 0 Å².